The zero-order valence-electron chi connectivity index (χ0n) is 25.5. The number of hydrogen-bond acceptors (Lipinski definition) is 9. The number of anilines is 4. The molecule has 0 saturated carbocycles. The van der Waals surface area contributed by atoms with Crippen LogP contribution in [0.25, 0.3) is 0 Å². The second-order valence-corrected chi connectivity index (χ2v) is 12.7. The van der Waals surface area contributed by atoms with Crippen LogP contribution in [0.4, 0.5) is 36.6 Å². The van der Waals surface area contributed by atoms with Gasteiger partial charge in [-0.1, -0.05) is 23.2 Å². The topological polar surface area (TPSA) is 137 Å². The molecule has 1 amide bonds. The fraction of sp³-hybridized carbons (Fsp3) is 0.233. The monoisotopic (exact) mass is 710 g/mol. The fourth-order valence-electron chi connectivity index (χ4n) is 4.36. The number of aromatic nitrogens is 2. The predicted octanol–water partition coefficient (Wildman–Crippen LogP) is 6.26. The molecular weight excluding hydrogens is 681 g/mol. The van der Waals surface area contributed by atoms with Crippen LogP contribution in [0.1, 0.15) is 5.56 Å². The number of ether oxygens (including phenoxy) is 2. The molecule has 0 aliphatic heterocycles. The van der Waals surface area contributed by atoms with Crippen LogP contribution in [-0.4, -0.2) is 75.9 Å². The van der Waals surface area contributed by atoms with Crippen LogP contribution in [0.3, 0.4) is 0 Å². The van der Waals surface area contributed by atoms with Gasteiger partial charge in [0.25, 0.3) is 10.0 Å². The van der Waals surface area contributed by atoms with E-state index in [9.17, 15) is 17.6 Å². The van der Waals surface area contributed by atoms with Crippen molar-refractivity contribution in [2.45, 2.75) is 11.4 Å². The Kier molecular flexibility index (Phi) is 11.2. The number of sulfonamides is 1. The van der Waals surface area contributed by atoms with Crippen LogP contribution in [0.5, 0.6) is 11.5 Å². The van der Waals surface area contributed by atoms with Gasteiger partial charge in [-0.2, -0.15) is 0 Å². The van der Waals surface area contributed by atoms with E-state index >= 15 is 4.39 Å². The van der Waals surface area contributed by atoms with E-state index in [0.717, 1.165) is 29.4 Å². The molecule has 1 heterocycles. The third-order valence-corrected chi connectivity index (χ3v) is 9.25. The molecule has 0 atom stereocenters. The minimum absolute atomic E-state index is 0.0316. The number of methoxy groups -OCH3 is 2. The molecule has 0 spiro atoms. The van der Waals surface area contributed by atoms with Crippen LogP contribution < -0.4 is 24.0 Å². The van der Waals surface area contributed by atoms with Crippen LogP contribution in [0.2, 0.25) is 10.0 Å². The third kappa shape index (κ3) is 8.22. The molecule has 12 nitrogen and oxygen atoms in total. The number of likely N-dealkylation sites (N-methyl/N-ethyl adjacent to an activating group) is 2. The third-order valence-electron chi connectivity index (χ3n) is 6.97. The molecule has 17 heteroatoms. The van der Waals surface area contributed by atoms with Crippen molar-refractivity contribution in [1.82, 2.24) is 14.9 Å². The molecule has 4 aromatic rings. The number of carbonyl (C=O) groups is 1. The minimum Gasteiger partial charge on any atom is -0.497 e. The van der Waals surface area contributed by atoms with E-state index in [2.05, 4.69) is 15.3 Å². The maximum Gasteiger partial charge on any atom is 0.407 e. The van der Waals surface area contributed by atoms with Gasteiger partial charge in [0.2, 0.25) is 5.95 Å². The molecule has 3 aromatic carbocycles. The standard InChI is InChI=1S/C30H30Cl2F2N6O6S/c1-38(9-10-39(2)30(41)42)26-11-19(31)6-8-24(26)37-25-14-23(34)28(13-22(25)32)47(43,44)40(29-35-15-20(33)16-36-29)17-18-5-7-21(45-3)12-27(18)46-4/h5-8,11-16,37H,9-10,17H2,1-4H3,(H,41,42). The SMILES string of the molecule is COc1ccc(CN(c2ncc(F)cn2)S(=O)(=O)c2cc(Cl)c(Nc3ccc(Cl)cc3N(C)CCN(C)C(=O)O)cc2F)c(OC)c1. The van der Waals surface area contributed by atoms with Gasteiger partial charge in [0, 0.05) is 49.9 Å². The number of nitrogens with one attached hydrogen (secondary N) is 1. The molecule has 0 fully saturated rings. The van der Waals surface area contributed by atoms with Crippen LogP contribution in [-0.2, 0) is 16.6 Å². The molecular formula is C30H30Cl2F2N6O6S. The lowest BCUT2D eigenvalue weighted by Gasteiger charge is -2.26. The highest BCUT2D eigenvalue weighted by atomic mass is 35.5. The van der Waals surface area contributed by atoms with E-state index in [0.29, 0.717) is 32.0 Å². The second kappa shape index (κ2) is 14.9. The zero-order chi connectivity index (χ0) is 34.5. The van der Waals surface area contributed by atoms with E-state index in [1.807, 2.05) is 0 Å². The summed E-state index contributed by atoms with van der Waals surface area (Å²) in [5.74, 6) is -1.68. The Morgan fingerprint density at radius 1 is 0.957 bits per heavy atom. The number of rotatable bonds is 13. The lowest BCUT2D eigenvalue weighted by atomic mass is 10.2. The summed E-state index contributed by atoms with van der Waals surface area (Å²) in [6.07, 6.45) is 0.479. The fourth-order valence-corrected chi connectivity index (χ4v) is 6.23. The Bertz CT molecular complexity index is 1870. The molecule has 0 aliphatic carbocycles. The number of benzene rings is 3. The van der Waals surface area contributed by atoms with Crippen molar-refractivity contribution in [2.75, 3.05) is 55.9 Å². The smallest absolute Gasteiger partial charge is 0.407 e. The molecule has 0 saturated heterocycles. The summed E-state index contributed by atoms with van der Waals surface area (Å²) in [4.78, 5) is 20.9. The van der Waals surface area contributed by atoms with Crippen molar-refractivity contribution in [2.24, 2.45) is 0 Å². The molecule has 0 radical (unpaired) electrons. The van der Waals surface area contributed by atoms with Crippen molar-refractivity contribution in [1.29, 1.82) is 0 Å². The maximum atomic E-state index is 15.8. The maximum absolute atomic E-state index is 15.8. The van der Waals surface area contributed by atoms with E-state index < -0.39 is 45.1 Å². The van der Waals surface area contributed by atoms with Gasteiger partial charge in [0.1, 0.15) is 22.2 Å². The minimum atomic E-state index is -4.76. The molecule has 0 unspecified atom stereocenters. The molecule has 47 heavy (non-hydrogen) atoms. The van der Waals surface area contributed by atoms with Crippen LogP contribution >= 0.6 is 23.2 Å². The predicted molar refractivity (Wildman–Crippen MR) is 175 cm³/mol. The summed E-state index contributed by atoms with van der Waals surface area (Å²) in [5.41, 5.74) is 1.35. The normalized spacial score (nSPS) is 11.1. The lowest BCUT2D eigenvalue weighted by molar-refractivity contribution is 0.157. The van der Waals surface area contributed by atoms with Crippen molar-refractivity contribution < 1.29 is 36.6 Å². The molecule has 0 bridgehead atoms. The first-order valence-corrected chi connectivity index (χ1v) is 15.9. The number of nitrogens with zero attached hydrogens (tertiary/aromatic N) is 5. The summed E-state index contributed by atoms with van der Waals surface area (Å²) in [6, 6.07) is 11.4. The zero-order valence-corrected chi connectivity index (χ0v) is 27.9. The van der Waals surface area contributed by atoms with E-state index in [4.69, 9.17) is 37.8 Å². The number of carboxylic acid groups (broad SMARTS) is 1. The second-order valence-electron chi connectivity index (χ2n) is 10.1. The summed E-state index contributed by atoms with van der Waals surface area (Å²) in [6.45, 7) is 0.0451. The Hall–Kier alpha value is -4.60. The van der Waals surface area contributed by atoms with Crippen molar-refractivity contribution in [3.63, 3.8) is 0 Å². The van der Waals surface area contributed by atoms with Crippen molar-refractivity contribution in [3.8, 4) is 11.5 Å². The average molecular weight is 712 g/mol. The Morgan fingerprint density at radius 3 is 2.30 bits per heavy atom. The molecule has 250 valence electrons. The number of amides is 1. The summed E-state index contributed by atoms with van der Waals surface area (Å²) >= 11 is 12.8. The van der Waals surface area contributed by atoms with Crippen molar-refractivity contribution >= 4 is 62.3 Å². The first-order chi connectivity index (χ1) is 22.2. The van der Waals surface area contributed by atoms with Gasteiger partial charge in [-0.05, 0) is 36.4 Å². The summed E-state index contributed by atoms with van der Waals surface area (Å²) < 4.78 is 68.9. The van der Waals surface area contributed by atoms with Gasteiger partial charge in [-0.3, -0.25) is 0 Å². The quantitative estimate of drug-likeness (QED) is 0.163. The van der Waals surface area contributed by atoms with Crippen LogP contribution in [0, 0.1) is 11.6 Å². The number of halogens is 4. The largest absolute Gasteiger partial charge is 0.497 e. The molecule has 1 aromatic heterocycles. The molecule has 4 rings (SSSR count). The highest BCUT2D eigenvalue weighted by Crippen LogP contribution is 2.37. The Morgan fingerprint density at radius 2 is 1.66 bits per heavy atom. The van der Waals surface area contributed by atoms with Gasteiger partial charge >= 0.3 is 6.09 Å². The van der Waals surface area contributed by atoms with E-state index in [1.54, 1.807) is 42.3 Å². The summed E-state index contributed by atoms with van der Waals surface area (Å²) in [5, 5.41) is 12.4. The van der Waals surface area contributed by atoms with Gasteiger partial charge < -0.3 is 29.7 Å². The van der Waals surface area contributed by atoms with Crippen molar-refractivity contribution in [3.05, 3.63) is 88.2 Å². The lowest BCUT2D eigenvalue weighted by Crippen LogP contribution is -2.34. The van der Waals surface area contributed by atoms with Gasteiger partial charge in [-0.25, -0.2) is 36.3 Å². The molecule has 2 N–H and O–H groups in total. The first-order valence-electron chi connectivity index (χ1n) is 13.7. The average Bonchev–Trinajstić information content (AvgIpc) is 3.04. The van der Waals surface area contributed by atoms with Gasteiger partial charge in [-0.15, -0.1) is 0 Å². The van der Waals surface area contributed by atoms with E-state index in [1.165, 1.54) is 27.3 Å². The highest BCUT2D eigenvalue weighted by molar-refractivity contribution is 7.92. The van der Waals surface area contributed by atoms with Gasteiger partial charge in [0.15, 0.2) is 5.82 Å². The first kappa shape index (κ1) is 35.3. The van der Waals surface area contributed by atoms with E-state index in [-0.39, 0.29) is 29.5 Å². The van der Waals surface area contributed by atoms with Gasteiger partial charge in [0.05, 0.1) is 55.2 Å². The Balaban J connectivity index is 1.71. The summed E-state index contributed by atoms with van der Waals surface area (Å²) in [7, 11) is 1.22. The highest BCUT2D eigenvalue weighted by Gasteiger charge is 2.32. The van der Waals surface area contributed by atoms with Crippen LogP contribution in [0.15, 0.2) is 65.8 Å². The molecule has 0 aliphatic rings. The number of hydrogen-bond donors (Lipinski definition) is 2. The Labute approximate surface area is 280 Å².